The molecule has 0 N–H and O–H groups in total. The molecule has 1 heterocycles. The van der Waals surface area contributed by atoms with Crippen molar-refractivity contribution < 1.29 is 4.79 Å². The number of carbonyl (C=O) groups excluding carboxylic acids is 1. The van der Waals surface area contributed by atoms with E-state index in [1.54, 1.807) is 4.90 Å². The summed E-state index contributed by atoms with van der Waals surface area (Å²) in [6.07, 6.45) is 2.68. The number of nitrogens with zero attached hydrogens (tertiary/aromatic N) is 3. The predicted octanol–water partition coefficient (Wildman–Crippen LogP) is 3.28. The Bertz CT molecular complexity index is 563. The van der Waals surface area contributed by atoms with E-state index in [2.05, 4.69) is 24.0 Å². The van der Waals surface area contributed by atoms with Crippen LogP contribution < -0.4 is 4.90 Å². The summed E-state index contributed by atoms with van der Waals surface area (Å²) in [5.41, 5.74) is 3.19. The normalized spacial score (nSPS) is 16.1. The molecule has 0 bridgehead atoms. The number of aryl methyl sites for hydroxylation is 2. The van der Waals surface area contributed by atoms with E-state index >= 15 is 0 Å². The summed E-state index contributed by atoms with van der Waals surface area (Å²) < 4.78 is 0. The SMILES string of the molecule is Cc1cc(C)cc(N(CCC#N)C(=O)CN2CCC(C)CC2)c1. The van der Waals surface area contributed by atoms with Gasteiger partial charge in [-0.05, 0) is 69.0 Å². The molecule has 23 heavy (non-hydrogen) atoms. The molecular weight excluding hydrogens is 286 g/mol. The highest BCUT2D eigenvalue weighted by Gasteiger charge is 2.22. The van der Waals surface area contributed by atoms with Gasteiger partial charge in [0.15, 0.2) is 0 Å². The van der Waals surface area contributed by atoms with E-state index in [4.69, 9.17) is 5.26 Å². The van der Waals surface area contributed by atoms with Crippen LogP contribution in [0.1, 0.15) is 37.3 Å². The van der Waals surface area contributed by atoms with Crippen LogP contribution in [0.25, 0.3) is 0 Å². The fourth-order valence-corrected chi connectivity index (χ4v) is 3.16. The minimum Gasteiger partial charge on any atom is -0.310 e. The molecule has 0 aromatic heterocycles. The average molecular weight is 313 g/mol. The van der Waals surface area contributed by atoms with E-state index in [9.17, 15) is 4.79 Å². The maximum atomic E-state index is 12.8. The van der Waals surface area contributed by atoms with E-state index in [1.807, 2.05) is 26.0 Å². The van der Waals surface area contributed by atoms with Crippen LogP contribution in [0.5, 0.6) is 0 Å². The lowest BCUT2D eigenvalue weighted by molar-refractivity contribution is -0.120. The molecule has 0 unspecified atom stereocenters. The van der Waals surface area contributed by atoms with Crippen LogP contribution in [0.4, 0.5) is 5.69 Å². The number of hydrogen-bond acceptors (Lipinski definition) is 3. The molecular formula is C19H27N3O. The van der Waals surface area contributed by atoms with E-state index < -0.39 is 0 Å². The van der Waals surface area contributed by atoms with Crippen molar-refractivity contribution in [2.75, 3.05) is 31.1 Å². The second-order valence-electron chi connectivity index (χ2n) is 6.76. The predicted molar refractivity (Wildman–Crippen MR) is 93.3 cm³/mol. The number of anilines is 1. The molecule has 1 fully saturated rings. The maximum absolute atomic E-state index is 12.8. The highest BCUT2D eigenvalue weighted by Crippen LogP contribution is 2.21. The molecule has 0 spiro atoms. The highest BCUT2D eigenvalue weighted by molar-refractivity contribution is 5.95. The van der Waals surface area contributed by atoms with Crippen LogP contribution in [-0.2, 0) is 4.79 Å². The number of rotatable bonds is 5. The molecule has 2 rings (SSSR count). The lowest BCUT2D eigenvalue weighted by atomic mass is 9.99. The number of amides is 1. The van der Waals surface area contributed by atoms with Gasteiger partial charge in [0.05, 0.1) is 19.0 Å². The Hall–Kier alpha value is -1.86. The number of hydrogen-bond donors (Lipinski definition) is 0. The minimum atomic E-state index is 0.0970. The first-order chi connectivity index (χ1) is 11.0. The van der Waals surface area contributed by atoms with Gasteiger partial charge in [0.25, 0.3) is 0 Å². The summed E-state index contributed by atoms with van der Waals surface area (Å²) in [6.45, 7) is 9.24. The zero-order valence-electron chi connectivity index (χ0n) is 14.5. The van der Waals surface area contributed by atoms with Gasteiger partial charge in [-0.3, -0.25) is 9.69 Å². The average Bonchev–Trinajstić information content (AvgIpc) is 2.49. The quantitative estimate of drug-likeness (QED) is 0.838. The van der Waals surface area contributed by atoms with Gasteiger partial charge in [0, 0.05) is 12.2 Å². The number of nitriles is 1. The number of benzene rings is 1. The molecule has 0 saturated carbocycles. The maximum Gasteiger partial charge on any atom is 0.241 e. The van der Waals surface area contributed by atoms with Crippen molar-refractivity contribution in [2.45, 2.75) is 40.0 Å². The van der Waals surface area contributed by atoms with E-state index in [0.717, 1.165) is 48.7 Å². The summed E-state index contributed by atoms with van der Waals surface area (Å²) in [4.78, 5) is 16.8. The topological polar surface area (TPSA) is 47.3 Å². The van der Waals surface area contributed by atoms with Gasteiger partial charge in [-0.25, -0.2) is 0 Å². The van der Waals surface area contributed by atoms with Crippen molar-refractivity contribution in [3.05, 3.63) is 29.3 Å². The van der Waals surface area contributed by atoms with Crippen LogP contribution in [0.3, 0.4) is 0 Å². The van der Waals surface area contributed by atoms with Gasteiger partial charge in [0.2, 0.25) is 5.91 Å². The molecule has 1 aliphatic heterocycles. The van der Waals surface area contributed by atoms with Crippen LogP contribution in [0.15, 0.2) is 18.2 Å². The van der Waals surface area contributed by atoms with E-state index in [-0.39, 0.29) is 5.91 Å². The molecule has 1 amide bonds. The third-order valence-corrected chi connectivity index (χ3v) is 4.50. The Morgan fingerprint density at radius 3 is 2.43 bits per heavy atom. The van der Waals surface area contributed by atoms with Gasteiger partial charge in [0.1, 0.15) is 0 Å². The second kappa shape index (κ2) is 8.12. The summed E-state index contributed by atoms with van der Waals surface area (Å²) in [5.74, 6) is 0.857. The summed E-state index contributed by atoms with van der Waals surface area (Å²) in [6, 6.07) is 8.31. The monoisotopic (exact) mass is 313 g/mol. The Morgan fingerprint density at radius 2 is 1.87 bits per heavy atom. The first-order valence-electron chi connectivity index (χ1n) is 8.47. The Kier molecular flexibility index (Phi) is 6.18. The van der Waals surface area contributed by atoms with E-state index in [0.29, 0.717) is 19.5 Å². The third kappa shape index (κ3) is 5.07. The molecule has 4 nitrogen and oxygen atoms in total. The van der Waals surface area contributed by atoms with Gasteiger partial charge in [-0.1, -0.05) is 13.0 Å². The standard InChI is InChI=1S/C19H27N3O/c1-15-5-9-21(10-6-15)14-19(23)22(8-4-7-20)18-12-16(2)11-17(3)13-18/h11-13,15H,4-6,8-10,14H2,1-3H3. The largest absolute Gasteiger partial charge is 0.310 e. The van der Waals surface area contributed by atoms with Crippen LogP contribution >= 0.6 is 0 Å². The van der Waals surface area contributed by atoms with Crippen molar-refractivity contribution in [1.82, 2.24) is 4.90 Å². The lowest BCUT2D eigenvalue weighted by Gasteiger charge is -2.32. The van der Waals surface area contributed by atoms with Crippen LogP contribution in [0.2, 0.25) is 0 Å². The Labute approximate surface area is 139 Å². The van der Waals surface area contributed by atoms with Gasteiger partial charge in [-0.15, -0.1) is 0 Å². The zero-order chi connectivity index (χ0) is 16.8. The molecule has 0 atom stereocenters. The van der Waals surface area contributed by atoms with Crippen molar-refractivity contribution in [3.8, 4) is 6.07 Å². The second-order valence-corrected chi connectivity index (χ2v) is 6.76. The third-order valence-electron chi connectivity index (χ3n) is 4.50. The molecule has 0 aliphatic carbocycles. The molecule has 1 aliphatic rings. The first-order valence-corrected chi connectivity index (χ1v) is 8.47. The summed E-state index contributed by atoms with van der Waals surface area (Å²) in [5, 5.41) is 8.91. The van der Waals surface area contributed by atoms with Gasteiger partial charge >= 0.3 is 0 Å². The molecule has 0 radical (unpaired) electrons. The van der Waals surface area contributed by atoms with Crippen molar-refractivity contribution >= 4 is 11.6 Å². The smallest absolute Gasteiger partial charge is 0.241 e. The summed E-state index contributed by atoms with van der Waals surface area (Å²) in [7, 11) is 0. The number of piperidine rings is 1. The molecule has 1 aromatic carbocycles. The lowest BCUT2D eigenvalue weighted by Crippen LogP contribution is -2.43. The highest BCUT2D eigenvalue weighted by atomic mass is 16.2. The van der Waals surface area contributed by atoms with Gasteiger partial charge in [-0.2, -0.15) is 5.26 Å². The van der Waals surface area contributed by atoms with Crippen molar-refractivity contribution in [1.29, 1.82) is 5.26 Å². The zero-order valence-corrected chi connectivity index (χ0v) is 14.5. The summed E-state index contributed by atoms with van der Waals surface area (Å²) >= 11 is 0. The van der Waals surface area contributed by atoms with Crippen molar-refractivity contribution in [3.63, 3.8) is 0 Å². The fraction of sp³-hybridized carbons (Fsp3) is 0.579. The minimum absolute atomic E-state index is 0.0970. The molecule has 1 saturated heterocycles. The fourth-order valence-electron chi connectivity index (χ4n) is 3.16. The Balaban J connectivity index is 2.10. The van der Waals surface area contributed by atoms with Crippen molar-refractivity contribution in [2.24, 2.45) is 5.92 Å². The number of carbonyl (C=O) groups is 1. The Morgan fingerprint density at radius 1 is 1.26 bits per heavy atom. The molecule has 124 valence electrons. The van der Waals surface area contributed by atoms with E-state index in [1.165, 1.54) is 0 Å². The van der Waals surface area contributed by atoms with Crippen LogP contribution in [-0.4, -0.2) is 37.0 Å². The number of likely N-dealkylation sites (tertiary alicyclic amines) is 1. The first kappa shape index (κ1) is 17.5. The molecule has 4 heteroatoms. The van der Waals surface area contributed by atoms with Gasteiger partial charge < -0.3 is 4.90 Å². The van der Waals surface area contributed by atoms with Crippen LogP contribution in [0, 0.1) is 31.1 Å². The molecule has 1 aromatic rings.